The maximum Gasteiger partial charge on any atom is 0.408 e. The quantitative estimate of drug-likeness (QED) is 0.311. The number of alkyl carbamates (subject to hydrolysis) is 1. The van der Waals surface area contributed by atoms with Gasteiger partial charge in [-0.2, -0.15) is 11.8 Å². The fourth-order valence-electron chi connectivity index (χ4n) is 3.93. The van der Waals surface area contributed by atoms with Crippen LogP contribution in [0.25, 0.3) is 6.08 Å². The average molecular weight is 576 g/mol. The molecule has 3 amide bonds. The maximum atomic E-state index is 14.0. The largest absolute Gasteiger partial charge is 0.444 e. The Balaban J connectivity index is 2.56. The van der Waals surface area contributed by atoms with Crippen molar-refractivity contribution in [1.82, 2.24) is 10.2 Å². The van der Waals surface area contributed by atoms with E-state index in [9.17, 15) is 19.5 Å². The molecule has 2 aromatic carbocycles. The summed E-state index contributed by atoms with van der Waals surface area (Å²) in [5.74, 6) is -0.472. The van der Waals surface area contributed by atoms with Gasteiger partial charge in [0.05, 0.1) is 17.3 Å². The molecule has 2 aromatic rings. The number of aryl methyl sites for hydroxylation is 1. The van der Waals surface area contributed by atoms with Gasteiger partial charge in [-0.15, -0.1) is 0 Å². The van der Waals surface area contributed by atoms with Gasteiger partial charge in [0, 0.05) is 6.54 Å². The van der Waals surface area contributed by atoms with Gasteiger partial charge in [-0.05, 0) is 74.9 Å². The monoisotopic (exact) mass is 575 g/mol. The molecule has 8 nitrogen and oxygen atoms in total. The summed E-state index contributed by atoms with van der Waals surface area (Å²) < 4.78 is 5.38. The molecule has 39 heavy (non-hydrogen) atoms. The molecule has 0 aromatic heterocycles. The summed E-state index contributed by atoms with van der Waals surface area (Å²) >= 11 is 7.90. The van der Waals surface area contributed by atoms with Crippen LogP contribution in [0, 0.1) is 6.92 Å². The number of carbonyl (C=O) groups is 3. The lowest BCUT2D eigenvalue weighted by Gasteiger charge is -2.34. The van der Waals surface area contributed by atoms with E-state index < -0.39 is 42.2 Å². The molecule has 2 unspecified atom stereocenters. The van der Waals surface area contributed by atoms with E-state index in [0.717, 1.165) is 11.1 Å². The molecule has 0 spiro atoms. The average Bonchev–Trinajstić information content (AvgIpc) is 2.87. The summed E-state index contributed by atoms with van der Waals surface area (Å²) in [5, 5.41) is 15.8. The van der Waals surface area contributed by atoms with Crippen LogP contribution >= 0.6 is 23.4 Å². The number of carbonyl (C=O) groups excluding carboxylic acids is 3. The third-order valence-electron chi connectivity index (χ3n) is 5.72. The molecule has 0 fully saturated rings. The lowest BCUT2D eigenvalue weighted by molar-refractivity contribution is -0.141. The minimum atomic E-state index is -1.14. The summed E-state index contributed by atoms with van der Waals surface area (Å²) in [6, 6.07) is 10.2. The van der Waals surface area contributed by atoms with Crippen LogP contribution in [0.15, 0.2) is 49.0 Å². The first-order chi connectivity index (χ1) is 18.4. The third-order valence-corrected chi connectivity index (χ3v) is 6.67. The third kappa shape index (κ3) is 9.60. The van der Waals surface area contributed by atoms with E-state index >= 15 is 0 Å². The highest BCUT2D eigenvalue weighted by molar-refractivity contribution is 7.98. The normalized spacial score (nSPS) is 12.7. The van der Waals surface area contributed by atoms with Crippen LogP contribution < -0.4 is 10.6 Å². The highest BCUT2D eigenvalue weighted by Crippen LogP contribution is 2.30. The fourth-order valence-corrected chi connectivity index (χ4v) is 4.67. The molecule has 2 rings (SSSR count). The molecule has 3 N–H and O–H groups in total. The standard InChI is InChI=1S/C29H38ClN3O5S/c1-7-20-11-9-12-21(18-20)25(26(35)32-24-19(2)10-8-13-22(24)30)33(15-16-34)27(36)23(14-17-39-6)31-28(37)38-29(3,4)5/h7-13,18,23,25,34H,1,14-17H2,2-6H3,(H,31,37)(H,32,35). The minimum Gasteiger partial charge on any atom is -0.444 e. The molecule has 0 aliphatic rings. The number of nitrogens with one attached hydrogen (secondary N) is 2. The Bertz CT molecular complexity index is 1150. The summed E-state index contributed by atoms with van der Waals surface area (Å²) in [7, 11) is 0. The summed E-state index contributed by atoms with van der Waals surface area (Å²) in [6.07, 6.45) is 3.09. The second-order valence-corrected chi connectivity index (χ2v) is 11.3. The van der Waals surface area contributed by atoms with E-state index in [2.05, 4.69) is 17.2 Å². The van der Waals surface area contributed by atoms with Crippen LogP contribution in [0.3, 0.4) is 0 Å². The molecule has 0 aliphatic carbocycles. The molecular weight excluding hydrogens is 538 g/mol. The first kappa shape index (κ1) is 32.2. The molecule has 0 bridgehead atoms. The summed E-state index contributed by atoms with van der Waals surface area (Å²) in [5.41, 5.74) is 1.68. The Morgan fingerprint density at radius 2 is 1.90 bits per heavy atom. The second-order valence-electron chi connectivity index (χ2n) is 9.93. The highest BCUT2D eigenvalue weighted by atomic mass is 35.5. The van der Waals surface area contributed by atoms with Gasteiger partial charge in [0.15, 0.2) is 0 Å². The van der Waals surface area contributed by atoms with Gasteiger partial charge in [0.1, 0.15) is 17.7 Å². The van der Waals surface area contributed by atoms with Crippen LogP contribution in [0.4, 0.5) is 10.5 Å². The van der Waals surface area contributed by atoms with Crippen molar-refractivity contribution < 1.29 is 24.2 Å². The topological polar surface area (TPSA) is 108 Å². The van der Waals surface area contributed by atoms with Gasteiger partial charge in [-0.1, -0.05) is 54.6 Å². The molecule has 2 atom stereocenters. The number of para-hydroxylation sites is 1. The van der Waals surface area contributed by atoms with Gasteiger partial charge in [0.2, 0.25) is 5.91 Å². The molecule has 0 saturated carbocycles. The first-order valence-corrected chi connectivity index (χ1v) is 14.4. The van der Waals surface area contributed by atoms with E-state index in [1.807, 2.05) is 25.3 Å². The van der Waals surface area contributed by atoms with Crippen LogP contribution in [0.2, 0.25) is 5.02 Å². The second kappa shape index (κ2) is 15.0. The van der Waals surface area contributed by atoms with Gasteiger partial charge >= 0.3 is 6.09 Å². The van der Waals surface area contributed by atoms with Crippen molar-refractivity contribution in [1.29, 1.82) is 0 Å². The Morgan fingerprint density at radius 3 is 2.49 bits per heavy atom. The number of anilines is 1. The van der Waals surface area contributed by atoms with Crippen molar-refractivity contribution in [2.75, 3.05) is 30.5 Å². The number of nitrogens with zero attached hydrogens (tertiary/aromatic N) is 1. The number of benzene rings is 2. The molecule has 0 saturated heterocycles. The van der Waals surface area contributed by atoms with Crippen LogP contribution in [0.5, 0.6) is 0 Å². The maximum absolute atomic E-state index is 14.0. The van der Waals surface area contributed by atoms with E-state index in [1.54, 1.807) is 57.2 Å². The fraction of sp³-hybridized carbons (Fsp3) is 0.414. The number of aliphatic hydroxyl groups excluding tert-OH is 1. The van der Waals surface area contributed by atoms with Crippen molar-refractivity contribution in [2.24, 2.45) is 0 Å². The zero-order valence-electron chi connectivity index (χ0n) is 23.1. The number of thioether (sulfide) groups is 1. The lowest BCUT2D eigenvalue weighted by atomic mass is 9.99. The molecule has 212 valence electrons. The van der Waals surface area contributed by atoms with Gasteiger partial charge < -0.3 is 25.4 Å². The predicted octanol–water partition coefficient (Wildman–Crippen LogP) is 5.44. The lowest BCUT2D eigenvalue weighted by Crippen LogP contribution is -2.53. The van der Waals surface area contributed by atoms with E-state index in [0.29, 0.717) is 28.4 Å². The Morgan fingerprint density at radius 1 is 1.21 bits per heavy atom. The van der Waals surface area contributed by atoms with Crippen molar-refractivity contribution in [2.45, 2.75) is 51.8 Å². The minimum absolute atomic E-state index is 0.150. The predicted molar refractivity (Wildman–Crippen MR) is 159 cm³/mol. The number of rotatable bonds is 12. The van der Waals surface area contributed by atoms with Gasteiger partial charge in [-0.3, -0.25) is 9.59 Å². The van der Waals surface area contributed by atoms with Crippen molar-refractivity contribution >= 4 is 53.0 Å². The highest BCUT2D eigenvalue weighted by Gasteiger charge is 2.36. The van der Waals surface area contributed by atoms with E-state index in [4.69, 9.17) is 16.3 Å². The number of halogens is 1. The smallest absolute Gasteiger partial charge is 0.408 e. The molecule has 10 heteroatoms. The molecule has 0 heterocycles. The van der Waals surface area contributed by atoms with Crippen molar-refractivity contribution in [3.63, 3.8) is 0 Å². The number of ether oxygens (including phenoxy) is 1. The summed E-state index contributed by atoms with van der Waals surface area (Å²) in [4.78, 5) is 41.8. The van der Waals surface area contributed by atoms with E-state index in [1.165, 1.54) is 16.7 Å². The van der Waals surface area contributed by atoms with Gasteiger partial charge in [0.25, 0.3) is 5.91 Å². The molecular formula is C29H38ClN3O5S. The number of amides is 3. The molecule has 0 aliphatic heterocycles. The number of hydrogen-bond donors (Lipinski definition) is 3. The van der Waals surface area contributed by atoms with Crippen molar-refractivity contribution in [3.05, 3.63) is 70.8 Å². The Hall–Kier alpha value is -3.01. The molecule has 0 radical (unpaired) electrons. The summed E-state index contributed by atoms with van der Waals surface area (Å²) in [6.45, 7) is 10.3. The SMILES string of the molecule is C=Cc1cccc(C(C(=O)Nc2c(C)cccc2Cl)N(CCO)C(=O)C(CCSC)NC(=O)OC(C)(C)C)c1. The Kier molecular flexibility index (Phi) is 12.3. The first-order valence-electron chi connectivity index (χ1n) is 12.6. The van der Waals surface area contributed by atoms with Crippen LogP contribution in [-0.4, -0.2) is 64.7 Å². The van der Waals surface area contributed by atoms with Gasteiger partial charge in [-0.25, -0.2) is 4.79 Å². The Labute approximate surface area is 240 Å². The van der Waals surface area contributed by atoms with Crippen LogP contribution in [0.1, 0.15) is 49.9 Å². The van der Waals surface area contributed by atoms with Crippen LogP contribution in [-0.2, 0) is 14.3 Å². The number of aliphatic hydroxyl groups is 1. The number of hydrogen-bond acceptors (Lipinski definition) is 6. The van der Waals surface area contributed by atoms with Crippen molar-refractivity contribution in [3.8, 4) is 0 Å². The zero-order valence-corrected chi connectivity index (χ0v) is 24.7. The zero-order chi connectivity index (χ0) is 29.2. The van der Waals surface area contributed by atoms with E-state index in [-0.39, 0.29) is 6.54 Å².